The van der Waals surface area contributed by atoms with Crippen molar-refractivity contribution in [3.05, 3.63) is 35.4 Å². The number of benzene rings is 1. The molecular formula is C14H22N2O. The molecule has 0 radical (unpaired) electrons. The lowest BCUT2D eigenvalue weighted by Crippen LogP contribution is -2.21. The standard InChI is InChI=1S/C14H22N2O/c1-10(17)12-5-3-4-6-13(12)14-7-11(8-15)9-16(14)2/h3-6,10-11,14,17H,7-9,15H2,1-2H3. The van der Waals surface area contributed by atoms with E-state index in [9.17, 15) is 5.11 Å². The molecule has 3 N–H and O–H groups in total. The van der Waals surface area contributed by atoms with Crippen molar-refractivity contribution in [3.63, 3.8) is 0 Å². The maximum Gasteiger partial charge on any atom is 0.0765 e. The van der Waals surface area contributed by atoms with Crippen LogP contribution in [0.15, 0.2) is 24.3 Å². The highest BCUT2D eigenvalue weighted by Crippen LogP contribution is 2.36. The Morgan fingerprint density at radius 1 is 1.47 bits per heavy atom. The second-order valence-corrected chi connectivity index (χ2v) is 5.10. The zero-order valence-corrected chi connectivity index (χ0v) is 10.6. The molecule has 0 aliphatic carbocycles. The average Bonchev–Trinajstić information content (AvgIpc) is 2.70. The summed E-state index contributed by atoms with van der Waals surface area (Å²) in [4.78, 5) is 2.35. The van der Waals surface area contributed by atoms with Gasteiger partial charge in [-0.2, -0.15) is 0 Å². The molecule has 1 aliphatic rings. The first kappa shape index (κ1) is 12.6. The molecule has 17 heavy (non-hydrogen) atoms. The number of hydrogen-bond acceptors (Lipinski definition) is 3. The maximum atomic E-state index is 9.83. The van der Waals surface area contributed by atoms with Crippen molar-refractivity contribution < 1.29 is 5.11 Å². The van der Waals surface area contributed by atoms with Crippen LogP contribution in [0.25, 0.3) is 0 Å². The van der Waals surface area contributed by atoms with E-state index in [0.717, 1.165) is 25.1 Å². The molecule has 3 unspecified atom stereocenters. The van der Waals surface area contributed by atoms with Crippen LogP contribution in [-0.2, 0) is 0 Å². The molecule has 3 nitrogen and oxygen atoms in total. The molecule has 3 atom stereocenters. The van der Waals surface area contributed by atoms with Crippen molar-refractivity contribution in [2.75, 3.05) is 20.1 Å². The van der Waals surface area contributed by atoms with Crippen LogP contribution in [0.3, 0.4) is 0 Å². The number of nitrogens with two attached hydrogens (primary N) is 1. The summed E-state index contributed by atoms with van der Waals surface area (Å²) in [6.07, 6.45) is 0.688. The Kier molecular flexibility index (Phi) is 3.82. The molecule has 0 amide bonds. The van der Waals surface area contributed by atoms with Crippen LogP contribution in [-0.4, -0.2) is 30.1 Å². The smallest absolute Gasteiger partial charge is 0.0765 e. The molecule has 1 heterocycles. The van der Waals surface area contributed by atoms with E-state index in [1.807, 2.05) is 25.1 Å². The van der Waals surface area contributed by atoms with Crippen LogP contribution in [0, 0.1) is 5.92 Å². The first-order valence-electron chi connectivity index (χ1n) is 6.30. The summed E-state index contributed by atoms with van der Waals surface area (Å²) in [5.74, 6) is 0.576. The molecular weight excluding hydrogens is 212 g/mol. The predicted molar refractivity (Wildman–Crippen MR) is 69.6 cm³/mol. The number of aliphatic hydroxyl groups excluding tert-OH is 1. The number of likely N-dealkylation sites (tertiary alicyclic amines) is 1. The van der Waals surface area contributed by atoms with E-state index < -0.39 is 6.10 Å². The quantitative estimate of drug-likeness (QED) is 0.837. The first-order chi connectivity index (χ1) is 8.13. The van der Waals surface area contributed by atoms with Crippen LogP contribution < -0.4 is 5.73 Å². The predicted octanol–water partition coefficient (Wildman–Crippen LogP) is 1.69. The van der Waals surface area contributed by atoms with E-state index in [-0.39, 0.29) is 0 Å². The second kappa shape index (κ2) is 5.17. The lowest BCUT2D eigenvalue weighted by molar-refractivity contribution is 0.195. The normalized spacial score (nSPS) is 27.3. The molecule has 1 aromatic rings. The van der Waals surface area contributed by atoms with Gasteiger partial charge in [0, 0.05) is 12.6 Å². The van der Waals surface area contributed by atoms with Gasteiger partial charge >= 0.3 is 0 Å². The van der Waals surface area contributed by atoms with Gasteiger partial charge in [-0.3, -0.25) is 4.90 Å². The third-order valence-electron chi connectivity index (χ3n) is 3.77. The van der Waals surface area contributed by atoms with Gasteiger partial charge in [0.25, 0.3) is 0 Å². The molecule has 2 rings (SSSR count). The van der Waals surface area contributed by atoms with Gasteiger partial charge in [-0.1, -0.05) is 24.3 Å². The molecule has 1 aromatic carbocycles. The Morgan fingerprint density at radius 3 is 2.76 bits per heavy atom. The van der Waals surface area contributed by atoms with E-state index in [0.29, 0.717) is 12.0 Å². The summed E-state index contributed by atoms with van der Waals surface area (Å²) in [7, 11) is 2.14. The van der Waals surface area contributed by atoms with E-state index >= 15 is 0 Å². The molecule has 1 saturated heterocycles. The van der Waals surface area contributed by atoms with Gasteiger partial charge in [0.05, 0.1) is 6.10 Å². The Hall–Kier alpha value is -0.900. The van der Waals surface area contributed by atoms with Crippen molar-refractivity contribution in [1.29, 1.82) is 0 Å². The fraction of sp³-hybridized carbons (Fsp3) is 0.571. The van der Waals surface area contributed by atoms with Crippen molar-refractivity contribution in [2.24, 2.45) is 11.7 Å². The fourth-order valence-electron chi connectivity index (χ4n) is 2.83. The zero-order chi connectivity index (χ0) is 12.4. The lowest BCUT2D eigenvalue weighted by Gasteiger charge is -2.23. The zero-order valence-electron chi connectivity index (χ0n) is 10.6. The maximum absolute atomic E-state index is 9.83. The topological polar surface area (TPSA) is 49.5 Å². The van der Waals surface area contributed by atoms with Crippen LogP contribution in [0.5, 0.6) is 0 Å². The Balaban J connectivity index is 2.28. The number of aliphatic hydroxyl groups is 1. The summed E-state index contributed by atoms with van der Waals surface area (Å²) < 4.78 is 0. The summed E-state index contributed by atoms with van der Waals surface area (Å²) in [6, 6.07) is 8.58. The molecule has 0 saturated carbocycles. The monoisotopic (exact) mass is 234 g/mol. The summed E-state index contributed by atoms with van der Waals surface area (Å²) in [5.41, 5.74) is 8.05. The first-order valence-corrected chi connectivity index (χ1v) is 6.30. The van der Waals surface area contributed by atoms with Gasteiger partial charge in [-0.15, -0.1) is 0 Å². The van der Waals surface area contributed by atoms with E-state index in [2.05, 4.69) is 18.0 Å². The molecule has 0 bridgehead atoms. The molecule has 0 spiro atoms. The van der Waals surface area contributed by atoms with Crippen molar-refractivity contribution in [2.45, 2.75) is 25.5 Å². The van der Waals surface area contributed by atoms with Crippen LogP contribution >= 0.6 is 0 Å². The van der Waals surface area contributed by atoms with Crippen molar-refractivity contribution in [3.8, 4) is 0 Å². The fourth-order valence-corrected chi connectivity index (χ4v) is 2.83. The summed E-state index contributed by atoms with van der Waals surface area (Å²) >= 11 is 0. The van der Waals surface area contributed by atoms with Crippen molar-refractivity contribution in [1.82, 2.24) is 4.90 Å². The third kappa shape index (κ3) is 2.51. The van der Waals surface area contributed by atoms with Gasteiger partial charge in [-0.05, 0) is 44.0 Å². The Labute approximate surface area is 103 Å². The van der Waals surface area contributed by atoms with Gasteiger partial charge < -0.3 is 10.8 Å². The van der Waals surface area contributed by atoms with Gasteiger partial charge in [-0.25, -0.2) is 0 Å². The molecule has 94 valence electrons. The highest BCUT2D eigenvalue weighted by atomic mass is 16.3. The van der Waals surface area contributed by atoms with Gasteiger partial charge in [0.1, 0.15) is 0 Å². The van der Waals surface area contributed by atoms with E-state index in [1.165, 1.54) is 5.56 Å². The molecule has 3 heteroatoms. The van der Waals surface area contributed by atoms with Crippen LogP contribution in [0.2, 0.25) is 0 Å². The van der Waals surface area contributed by atoms with E-state index in [4.69, 9.17) is 5.73 Å². The van der Waals surface area contributed by atoms with Gasteiger partial charge in [0.2, 0.25) is 0 Å². The Morgan fingerprint density at radius 2 is 2.18 bits per heavy atom. The number of rotatable bonds is 3. The summed E-state index contributed by atoms with van der Waals surface area (Å²) in [5, 5.41) is 9.83. The van der Waals surface area contributed by atoms with Crippen LogP contribution in [0.1, 0.15) is 36.6 Å². The highest BCUT2D eigenvalue weighted by Gasteiger charge is 2.31. The minimum Gasteiger partial charge on any atom is -0.389 e. The molecule has 0 aromatic heterocycles. The average molecular weight is 234 g/mol. The van der Waals surface area contributed by atoms with Gasteiger partial charge in [0.15, 0.2) is 0 Å². The Bertz CT molecular complexity index is 378. The van der Waals surface area contributed by atoms with Crippen LogP contribution in [0.4, 0.5) is 0 Å². The van der Waals surface area contributed by atoms with Crippen molar-refractivity contribution >= 4 is 0 Å². The molecule has 1 fully saturated rings. The highest BCUT2D eigenvalue weighted by molar-refractivity contribution is 5.32. The lowest BCUT2D eigenvalue weighted by atomic mass is 9.93. The SMILES string of the molecule is CC(O)c1ccccc1C1CC(CN)CN1C. The molecule has 1 aliphatic heterocycles. The van der Waals surface area contributed by atoms with E-state index in [1.54, 1.807) is 0 Å². The summed E-state index contributed by atoms with van der Waals surface area (Å²) in [6.45, 7) is 3.63. The second-order valence-electron chi connectivity index (χ2n) is 5.10. The minimum atomic E-state index is -0.406. The largest absolute Gasteiger partial charge is 0.389 e. The minimum absolute atomic E-state index is 0.398. The number of nitrogens with zero attached hydrogens (tertiary/aromatic N) is 1. The third-order valence-corrected chi connectivity index (χ3v) is 3.77. The number of hydrogen-bond donors (Lipinski definition) is 2.